The molecule has 2 N–H and O–H groups in total. The third-order valence-corrected chi connectivity index (χ3v) is 2.52. The van der Waals surface area contributed by atoms with Crippen LogP contribution in [-0.4, -0.2) is 6.61 Å². The van der Waals surface area contributed by atoms with E-state index in [1.807, 2.05) is 0 Å². The van der Waals surface area contributed by atoms with Gasteiger partial charge in [-0.1, -0.05) is 0 Å². The normalized spacial score (nSPS) is 19.8. The van der Waals surface area contributed by atoms with E-state index in [4.69, 9.17) is 10.5 Å². The molecule has 0 amide bonds. The van der Waals surface area contributed by atoms with Gasteiger partial charge in [0, 0.05) is 0 Å². The molecule has 0 bridgehead atoms. The molecule has 1 atom stereocenters. The van der Waals surface area contributed by atoms with Crippen LogP contribution in [0.15, 0.2) is 10.5 Å². The highest BCUT2D eigenvalue weighted by Gasteiger charge is 2.29. The molecule has 0 radical (unpaired) electrons. The van der Waals surface area contributed by atoms with Crippen LogP contribution in [0, 0.1) is 11.6 Å². The molecule has 1 aliphatic rings. The topological polar surface area (TPSA) is 35.2 Å². The summed E-state index contributed by atoms with van der Waals surface area (Å²) in [6, 6.07) is 0.452. The van der Waals surface area contributed by atoms with Crippen molar-refractivity contribution in [3.05, 3.63) is 27.7 Å². The molecule has 1 heterocycles. The molecule has 1 aromatic rings. The van der Waals surface area contributed by atoms with Gasteiger partial charge >= 0.3 is 0 Å². The smallest absolute Gasteiger partial charge is 0.166 e. The van der Waals surface area contributed by atoms with E-state index in [0.717, 1.165) is 6.07 Å². The lowest BCUT2D eigenvalue weighted by Gasteiger charge is -2.04. The Kier molecular flexibility index (Phi) is 2.00. The van der Waals surface area contributed by atoms with E-state index in [1.165, 1.54) is 0 Å². The van der Waals surface area contributed by atoms with Crippen molar-refractivity contribution in [2.24, 2.45) is 5.73 Å². The summed E-state index contributed by atoms with van der Waals surface area (Å²) in [5.74, 6) is -1.19. The first-order valence-corrected chi connectivity index (χ1v) is 4.46. The third kappa shape index (κ3) is 1.23. The van der Waals surface area contributed by atoms with Gasteiger partial charge in [0.05, 0.1) is 16.1 Å². The molecule has 0 aliphatic carbocycles. The van der Waals surface area contributed by atoms with Gasteiger partial charge in [-0.05, 0) is 22.0 Å². The van der Waals surface area contributed by atoms with Crippen LogP contribution in [0.4, 0.5) is 8.78 Å². The minimum Gasteiger partial charge on any atom is -0.488 e. The molecule has 2 rings (SSSR count). The Morgan fingerprint density at radius 2 is 2.23 bits per heavy atom. The predicted octanol–water partition coefficient (Wildman–Crippen LogP) is 2.12. The van der Waals surface area contributed by atoms with Crippen molar-refractivity contribution in [1.82, 2.24) is 0 Å². The van der Waals surface area contributed by atoms with Crippen molar-refractivity contribution >= 4 is 15.9 Å². The molecule has 0 unspecified atom stereocenters. The Balaban J connectivity index is 2.70. The maximum Gasteiger partial charge on any atom is 0.166 e. The molecule has 13 heavy (non-hydrogen) atoms. The van der Waals surface area contributed by atoms with E-state index in [1.54, 1.807) is 0 Å². The van der Waals surface area contributed by atoms with Crippen molar-refractivity contribution in [1.29, 1.82) is 0 Å². The molecule has 0 saturated heterocycles. The standard InChI is InChI=1S/C8H6BrF2NO/c9-3-1-4(10)8-6(7(3)11)5(12)2-13-8/h1,5H,2,12H2/t5-/m0/s1. The number of rotatable bonds is 0. The summed E-state index contributed by atoms with van der Waals surface area (Å²) in [5.41, 5.74) is 5.65. The van der Waals surface area contributed by atoms with E-state index in [9.17, 15) is 8.78 Å². The lowest BCUT2D eigenvalue weighted by molar-refractivity contribution is 0.319. The van der Waals surface area contributed by atoms with Gasteiger partial charge in [0.15, 0.2) is 11.6 Å². The van der Waals surface area contributed by atoms with E-state index in [-0.39, 0.29) is 22.4 Å². The zero-order chi connectivity index (χ0) is 9.59. The third-order valence-electron chi connectivity index (χ3n) is 1.94. The number of hydrogen-bond acceptors (Lipinski definition) is 2. The summed E-state index contributed by atoms with van der Waals surface area (Å²) < 4.78 is 31.5. The second-order valence-electron chi connectivity index (χ2n) is 2.81. The van der Waals surface area contributed by atoms with Gasteiger partial charge < -0.3 is 10.5 Å². The van der Waals surface area contributed by atoms with Gasteiger partial charge in [-0.2, -0.15) is 0 Å². The van der Waals surface area contributed by atoms with Crippen LogP contribution in [0.3, 0.4) is 0 Å². The molecule has 0 saturated carbocycles. The Labute approximate surface area is 81.8 Å². The second kappa shape index (κ2) is 2.92. The highest BCUT2D eigenvalue weighted by Crippen LogP contribution is 2.38. The van der Waals surface area contributed by atoms with Gasteiger partial charge in [-0.25, -0.2) is 8.78 Å². The van der Waals surface area contributed by atoms with Gasteiger partial charge in [0.2, 0.25) is 0 Å². The number of fused-ring (bicyclic) bond motifs is 1. The molecular formula is C8H6BrF2NO. The molecule has 0 spiro atoms. The van der Waals surface area contributed by atoms with Crippen molar-refractivity contribution < 1.29 is 13.5 Å². The van der Waals surface area contributed by atoms with Crippen LogP contribution in [0.2, 0.25) is 0 Å². The molecule has 70 valence electrons. The number of ether oxygens (including phenoxy) is 1. The van der Waals surface area contributed by atoms with Crippen LogP contribution in [-0.2, 0) is 0 Å². The van der Waals surface area contributed by atoms with Crippen molar-refractivity contribution in [3.8, 4) is 5.75 Å². The minimum atomic E-state index is -0.587. The summed E-state index contributed by atoms with van der Waals surface area (Å²) in [7, 11) is 0. The average molecular weight is 250 g/mol. The Hall–Kier alpha value is -0.680. The first-order valence-electron chi connectivity index (χ1n) is 3.67. The zero-order valence-electron chi connectivity index (χ0n) is 6.48. The zero-order valence-corrected chi connectivity index (χ0v) is 8.07. The molecule has 0 aromatic heterocycles. The fourth-order valence-corrected chi connectivity index (χ4v) is 1.75. The van der Waals surface area contributed by atoms with Crippen LogP contribution in [0.1, 0.15) is 11.6 Å². The maximum absolute atomic E-state index is 13.4. The molecule has 0 fully saturated rings. The van der Waals surface area contributed by atoms with E-state index < -0.39 is 17.7 Å². The van der Waals surface area contributed by atoms with Gasteiger partial charge in [-0.3, -0.25) is 0 Å². The van der Waals surface area contributed by atoms with E-state index in [0.29, 0.717) is 0 Å². The Morgan fingerprint density at radius 3 is 2.92 bits per heavy atom. The first kappa shape index (κ1) is 8.90. The average Bonchev–Trinajstić information content (AvgIpc) is 2.44. The van der Waals surface area contributed by atoms with E-state index >= 15 is 0 Å². The summed E-state index contributed by atoms with van der Waals surface area (Å²) in [5, 5.41) is 0. The van der Waals surface area contributed by atoms with Gasteiger partial charge in [0.1, 0.15) is 12.4 Å². The van der Waals surface area contributed by atoms with Gasteiger partial charge in [0.25, 0.3) is 0 Å². The molecule has 1 aliphatic heterocycles. The quantitative estimate of drug-likeness (QED) is 0.716. The molecule has 5 heteroatoms. The highest BCUT2D eigenvalue weighted by atomic mass is 79.9. The summed E-state index contributed by atoms with van der Waals surface area (Å²) in [4.78, 5) is 0. The Bertz CT molecular complexity index is 370. The van der Waals surface area contributed by atoms with Crippen LogP contribution < -0.4 is 10.5 Å². The van der Waals surface area contributed by atoms with Crippen LogP contribution in [0.25, 0.3) is 0 Å². The largest absolute Gasteiger partial charge is 0.488 e. The first-order chi connectivity index (χ1) is 6.11. The SMILES string of the molecule is N[C@H]1COc2c(F)cc(Br)c(F)c21. The molecule has 1 aromatic carbocycles. The number of halogens is 3. The predicted molar refractivity (Wildman–Crippen MR) is 46.5 cm³/mol. The summed E-state index contributed by atoms with van der Waals surface area (Å²) >= 11 is 2.90. The van der Waals surface area contributed by atoms with Crippen LogP contribution in [0.5, 0.6) is 5.75 Å². The summed E-state index contributed by atoms with van der Waals surface area (Å²) in [6.07, 6.45) is 0. The Morgan fingerprint density at radius 1 is 1.54 bits per heavy atom. The van der Waals surface area contributed by atoms with Crippen LogP contribution >= 0.6 is 15.9 Å². The fraction of sp³-hybridized carbons (Fsp3) is 0.250. The van der Waals surface area contributed by atoms with Crippen molar-refractivity contribution in [2.45, 2.75) is 6.04 Å². The lowest BCUT2D eigenvalue weighted by Crippen LogP contribution is -2.12. The molecule has 2 nitrogen and oxygen atoms in total. The van der Waals surface area contributed by atoms with E-state index in [2.05, 4.69) is 15.9 Å². The number of hydrogen-bond donors (Lipinski definition) is 1. The second-order valence-corrected chi connectivity index (χ2v) is 3.67. The highest BCUT2D eigenvalue weighted by molar-refractivity contribution is 9.10. The number of nitrogens with two attached hydrogens (primary N) is 1. The van der Waals surface area contributed by atoms with Crippen molar-refractivity contribution in [3.63, 3.8) is 0 Å². The van der Waals surface area contributed by atoms with Gasteiger partial charge in [-0.15, -0.1) is 0 Å². The lowest BCUT2D eigenvalue weighted by atomic mass is 10.1. The fourth-order valence-electron chi connectivity index (χ4n) is 1.33. The monoisotopic (exact) mass is 249 g/mol. The summed E-state index contributed by atoms with van der Waals surface area (Å²) in [6.45, 7) is 0.125. The maximum atomic E-state index is 13.4. The van der Waals surface area contributed by atoms with Crippen molar-refractivity contribution in [2.75, 3.05) is 6.61 Å². The minimum absolute atomic E-state index is 0.0619. The number of benzene rings is 1. The molecular weight excluding hydrogens is 244 g/mol.